The highest BCUT2D eigenvalue weighted by molar-refractivity contribution is 9.09. The summed E-state index contributed by atoms with van der Waals surface area (Å²) in [6, 6.07) is 0. The van der Waals surface area contributed by atoms with E-state index < -0.39 is 0 Å². The molecular formula is C8H14BrNO2. The first kappa shape index (κ1) is 9.84. The third-order valence-electron chi connectivity index (χ3n) is 1.97. The van der Waals surface area contributed by atoms with Gasteiger partial charge < -0.3 is 9.64 Å². The lowest BCUT2D eigenvalue weighted by atomic mass is 10.2. The number of hydrogen-bond acceptors (Lipinski definition) is 2. The van der Waals surface area contributed by atoms with Crippen molar-refractivity contribution in [3.63, 3.8) is 0 Å². The van der Waals surface area contributed by atoms with Gasteiger partial charge in [0.25, 0.3) is 0 Å². The molecule has 0 aromatic carbocycles. The number of halogens is 1. The summed E-state index contributed by atoms with van der Waals surface area (Å²) in [6.45, 7) is 5.45. The van der Waals surface area contributed by atoms with Crippen molar-refractivity contribution in [1.82, 2.24) is 4.90 Å². The third-order valence-corrected chi connectivity index (χ3v) is 2.55. The Balaban J connectivity index is 2.20. The Morgan fingerprint density at radius 3 is 2.75 bits per heavy atom. The molecule has 0 aromatic rings. The Bertz CT molecular complexity index is 168. The highest BCUT2D eigenvalue weighted by Crippen LogP contribution is 2.17. The monoisotopic (exact) mass is 235 g/mol. The molecule has 1 saturated heterocycles. The van der Waals surface area contributed by atoms with E-state index in [0.29, 0.717) is 4.83 Å². The predicted octanol–water partition coefficient (Wildman–Crippen LogP) is 2.00. The minimum atomic E-state index is -0.181. The number of hydrogen-bond donors (Lipinski definition) is 0. The number of likely N-dealkylation sites (tertiary alicyclic amines) is 1. The van der Waals surface area contributed by atoms with Crippen LogP contribution in [0.1, 0.15) is 20.3 Å². The van der Waals surface area contributed by atoms with Crippen LogP contribution >= 0.6 is 15.9 Å². The van der Waals surface area contributed by atoms with Crippen LogP contribution in [0.2, 0.25) is 0 Å². The van der Waals surface area contributed by atoms with Crippen LogP contribution in [-0.2, 0) is 4.74 Å². The summed E-state index contributed by atoms with van der Waals surface area (Å²) in [5.41, 5.74) is 0. The van der Waals surface area contributed by atoms with Gasteiger partial charge in [0, 0.05) is 13.1 Å². The molecule has 0 aromatic heterocycles. The van der Waals surface area contributed by atoms with E-state index in [4.69, 9.17) is 4.74 Å². The Morgan fingerprint density at radius 2 is 2.33 bits per heavy atom. The van der Waals surface area contributed by atoms with E-state index >= 15 is 0 Å². The molecule has 1 amide bonds. The Kier molecular flexibility index (Phi) is 3.38. The molecule has 1 atom stereocenters. The third kappa shape index (κ3) is 2.37. The van der Waals surface area contributed by atoms with E-state index in [1.807, 2.05) is 13.8 Å². The standard InChI is InChI=1S/C8H14BrNO2/c1-3-6(2)12-8(11)10-4-7(9)5-10/h6-7H,3-5H2,1-2H3. The quantitative estimate of drug-likeness (QED) is 0.686. The molecule has 1 heterocycles. The average Bonchev–Trinajstić information content (AvgIpc) is 1.98. The molecule has 4 heteroatoms. The molecular weight excluding hydrogens is 222 g/mol. The van der Waals surface area contributed by atoms with Crippen molar-refractivity contribution in [2.75, 3.05) is 13.1 Å². The SMILES string of the molecule is CCC(C)OC(=O)N1CC(Br)C1. The van der Waals surface area contributed by atoms with Crippen LogP contribution in [0.4, 0.5) is 4.79 Å². The Labute approximate surface area is 81.2 Å². The molecule has 12 heavy (non-hydrogen) atoms. The first-order chi connectivity index (χ1) is 5.63. The molecule has 1 aliphatic rings. The summed E-state index contributed by atoms with van der Waals surface area (Å²) in [7, 11) is 0. The van der Waals surface area contributed by atoms with E-state index in [1.165, 1.54) is 0 Å². The predicted molar refractivity (Wildman–Crippen MR) is 50.5 cm³/mol. The lowest BCUT2D eigenvalue weighted by Gasteiger charge is -2.35. The summed E-state index contributed by atoms with van der Waals surface area (Å²) in [5, 5.41) is 0. The number of rotatable bonds is 2. The van der Waals surface area contributed by atoms with Crippen molar-refractivity contribution in [3.05, 3.63) is 0 Å². The van der Waals surface area contributed by atoms with Crippen molar-refractivity contribution < 1.29 is 9.53 Å². The number of amides is 1. The smallest absolute Gasteiger partial charge is 0.410 e. The van der Waals surface area contributed by atoms with Gasteiger partial charge in [0.05, 0.1) is 4.83 Å². The summed E-state index contributed by atoms with van der Waals surface area (Å²) in [4.78, 5) is 13.4. The zero-order valence-electron chi connectivity index (χ0n) is 7.42. The van der Waals surface area contributed by atoms with Crippen LogP contribution in [0.15, 0.2) is 0 Å². The maximum Gasteiger partial charge on any atom is 0.410 e. The van der Waals surface area contributed by atoms with Gasteiger partial charge in [0.15, 0.2) is 0 Å². The molecule has 0 bridgehead atoms. The van der Waals surface area contributed by atoms with Gasteiger partial charge in [0.2, 0.25) is 0 Å². The fourth-order valence-corrected chi connectivity index (χ4v) is 1.60. The Hall–Kier alpha value is -0.250. The summed E-state index contributed by atoms with van der Waals surface area (Å²) in [6.07, 6.45) is 0.726. The highest BCUT2D eigenvalue weighted by atomic mass is 79.9. The van der Waals surface area contributed by atoms with Crippen molar-refractivity contribution in [1.29, 1.82) is 0 Å². The maximum atomic E-state index is 11.2. The molecule has 0 radical (unpaired) electrons. The highest BCUT2D eigenvalue weighted by Gasteiger charge is 2.30. The molecule has 0 saturated carbocycles. The molecule has 70 valence electrons. The van der Waals surface area contributed by atoms with Gasteiger partial charge in [-0.1, -0.05) is 22.9 Å². The second-order valence-electron chi connectivity index (χ2n) is 3.10. The zero-order chi connectivity index (χ0) is 9.14. The van der Waals surface area contributed by atoms with Gasteiger partial charge in [-0.25, -0.2) is 4.79 Å². The minimum Gasteiger partial charge on any atom is -0.446 e. The van der Waals surface area contributed by atoms with Crippen molar-refractivity contribution in [2.24, 2.45) is 0 Å². The van der Waals surface area contributed by atoms with Crippen LogP contribution in [-0.4, -0.2) is 35.0 Å². The first-order valence-corrected chi connectivity index (χ1v) is 5.14. The normalized spacial score (nSPS) is 20.1. The zero-order valence-corrected chi connectivity index (χ0v) is 9.00. The number of ether oxygens (including phenoxy) is 1. The van der Waals surface area contributed by atoms with Crippen molar-refractivity contribution >= 4 is 22.0 Å². The van der Waals surface area contributed by atoms with E-state index in [2.05, 4.69) is 15.9 Å². The lowest BCUT2D eigenvalue weighted by molar-refractivity contribution is 0.0541. The maximum absolute atomic E-state index is 11.2. The largest absolute Gasteiger partial charge is 0.446 e. The summed E-state index contributed by atoms with van der Waals surface area (Å²) in [5.74, 6) is 0. The van der Waals surface area contributed by atoms with Crippen molar-refractivity contribution in [3.8, 4) is 0 Å². The van der Waals surface area contributed by atoms with E-state index in [9.17, 15) is 4.79 Å². The van der Waals surface area contributed by atoms with Crippen LogP contribution < -0.4 is 0 Å². The van der Waals surface area contributed by atoms with Gasteiger partial charge in [-0.2, -0.15) is 0 Å². The second-order valence-corrected chi connectivity index (χ2v) is 4.40. The van der Waals surface area contributed by atoms with Gasteiger partial charge in [-0.05, 0) is 13.3 Å². The van der Waals surface area contributed by atoms with Gasteiger partial charge in [-0.3, -0.25) is 0 Å². The average molecular weight is 236 g/mol. The fourth-order valence-electron chi connectivity index (χ4n) is 0.904. The topological polar surface area (TPSA) is 29.5 Å². The van der Waals surface area contributed by atoms with E-state index in [1.54, 1.807) is 4.90 Å². The molecule has 0 spiro atoms. The van der Waals surface area contributed by atoms with Gasteiger partial charge in [-0.15, -0.1) is 0 Å². The second kappa shape index (κ2) is 4.12. The first-order valence-electron chi connectivity index (χ1n) is 4.23. The number of nitrogens with zero attached hydrogens (tertiary/aromatic N) is 1. The molecule has 1 rings (SSSR count). The minimum absolute atomic E-state index is 0.0341. The van der Waals surface area contributed by atoms with Crippen LogP contribution in [0.25, 0.3) is 0 Å². The van der Waals surface area contributed by atoms with E-state index in [-0.39, 0.29) is 12.2 Å². The molecule has 1 aliphatic heterocycles. The molecule has 0 aliphatic carbocycles. The van der Waals surface area contributed by atoms with Crippen LogP contribution in [0.3, 0.4) is 0 Å². The van der Waals surface area contributed by atoms with E-state index in [0.717, 1.165) is 19.5 Å². The number of carbonyl (C=O) groups excluding carboxylic acids is 1. The van der Waals surface area contributed by atoms with Crippen molar-refractivity contribution in [2.45, 2.75) is 31.2 Å². The van der Waals surface area contributed by atoms with Crippen LogP contribution in [0, 0.1) is 0 Å². The summed E-state index contributed by atoms with van der Waals surface area (Å²) >= 11 is 3.40. The van der Waals surface area contributed by atoms with Crippen LogP contribution in [0.5, 0.6) is 0 Å². The molecule has 1 unspecified atom stereocenters. The molecule has 1 fully saturated rings. The molecule has 0 N–H and O–H groups in total. The lowest BCUT2D eigenvalue weighted by Crippen LogP contribution is -2.51. The van der Waals surface area contributed by atoms with Gasteiger partial charge in [0.1, 0.15) is 6.10 Å². The fraction of sp³-hybridized carbons (Fsp3) is 0.875. The summed E-state index contributed by atoms with van der Waals surface area (Å²) < 4.78 is 5.12. The molecule has 3 nitrogen and oxygen atoms in total. The van der Waals surface area contributed by atoms with Gasteiger partial charge >= 0.3 is 6.09 Å². The Morgan fingerprint density at radius 1 is 1.75 bits per heavy atom. The number of carbonyl (C=O) groups is 1. The number of alkyl halides is 1.